The molecule has 202 valence electrons. The van der Waals surface area contributed by atoms with E-state index in [1.807, 2.05) is 0 Å². The van der Waals surface area contributed by atoms with Crippen molar-refractivity contribution in [2.45, 2.75) is 81.3 Å². The molecule has 0 aromatic rings. The largest absolute Gasteiger partial charge is 0.455 e. The summed E-state index contributed by atoms with van der Waals surface area (Å²) in [5.74, 6) is -9.26. The van der Waals surface area contributed by atoms with Gasteiger partial charge < -0.3 is 29.5 Å². The summed E-state index contributed by atoms with van der Waals surface area (Å²) in [7, 11) is 0. The molecule has 10 heteroatoms. The third kappa shape index (κ3) is 2.15. The molecule has 7 aliphatic rings. The fourth-order valence-electron chi connectivity index (χ4n) is 9.26. The molecule has 4 saturated heterocycles. The molecule has 0 aromatic carbocycles. The fraction of sp³-hybridized carbons (Fsp3) is 0.643. The third-order valence-electron chi connectivity index (χ3n) is 11.3. The third-order valence-corrected chi connectivity index (χ3v) is 11.3. The molecule has 3 N–H and O–H groups in total. The van der Waals surface area contributed by atoms with Gasteiger partial charge in [0, 0.05) is 11.0 Å². The number of fused-ring (bicyclic) bond motifs is 9. The number of esters is 2. The Kier molecular flexibility index (Phi) is 4.20. The highest BCUT2D eigenvalue weighted by molar-refractivity contribution is 6.02. The molecule has 38 heavy (non-hydrogen) atoms. The van der Waals surface area contributed by atoms with Crippen LogP contribution >= 0.6 is 0 Å². The van der Waals surface area contributed by atoms with E-state index in [-0.39, 0.29) is 30.6 Å². The highest BCUT2D eigenvalue weighted by Gasteiger charge is 2.92. The van der Waals surface area contributed by atoms with Crippen molar-refractivity contribution in [1.29, 1.82) is 0 Å². The average molecular weight is 527 g/mol. The maximum atomic E-state index is 14.6. The number of aliphatic hydroxyl groups is 3. The second-order valence-electron chi connectivity index (χ2n) is 12.7. The molecule has 11 atom stereocenters. The van der Waals surface area contributed by atoms with Crippen molar-refractivity contribution in [2.24, 2.45) is 28.6 Å². The number of ether oxygens (including phenoxy) is 3. The van der Waals surface area contributed by atoms with E-state index in [0.717, 1.165) is 0 Å². The lowest BCUT2D eigenvalue weighted by atomic mass is 9.47. The number of ketones is 2. The Balaban J connectivity index is 1.52. The molecular weight excluding hydrogens is 496 g/mol. The minimum Gasteiger partial charge on any atom is -0.455 e. The van der Waals surface area contributed by atoms with Crippen molar-refractivity contribution in [1.82, 2.24) is 0 Å². The van der Waals surface area contributed by atoms with E-state index < -0.39 is 81.1 Å². The normalized spacial score (nSPS) is 56.2. The van der Waals surface area contributed by atoms with Gasteiger partial charge in [-0.2, -0.15) is 0 Å². The Labute approximate surface area is 218 Å². The number of carbonyl (C=O) groups is 4. The zero-order valence-electron chi connectivity index (χ0n) is 21.4. The molecule has 1 saturated carbocycles. The first-order valence-corrected chi connectivity index (χ1v) is 13.1. The number of hydrogen-bond donors (Lipinski definition) is 3. The van der Waals surface area contributed by atoms with Crippen LogP contribution in [0.2, 0.25) is 0 Å². The SMILES string of the molecule is C=C1C(=O)O[C@@H]2C[C@@]1(C)[C@@H]1C(=O)[C@]3(O)O[C@@]14[C@@](O)(CC[C@H]1[C@H]3[C@H](O)C=C3CC=CC(=O)[C@@]31C)C(=O)O[C@@]24C. The molecule has 1 spiro atoms. The lowest BCUT2D eigenvalue weighted by Crippen LogP contribution is -2.77. The van der Waals surface area contributed by atoms with Gasteiger partial charge in [-0.15, -0.1) is 0 Å². The summed E-state index contributed by atoms with van der Waals surface area (Å²) in [4.78, 5) is 54.4. The summed E-state index contributed by atoms with van der Waals surface area (Å²) in [6.45, 7) is 8.65. The quantitative estimate of drug-likeness (QED) is 0.230. The fourth-order valence-corrected chi connectivity index (χ4v) is 9.26. The Morgan fingerprint density at radius 2 is 1.82 bits per heavy atom. The van der Waals surface area contributed by atoms with Gasteiger partial charge in [-0.25, -0.2) is 9.59 Å². The lowest BCUT2D eigenvalue weighted by Gasteiger charge is -2.60. The molecule has 4 aliphatic heterocycles. The molecule has 0 amide bonds. The lowest BCUT2D eigenvalue weighted by molar-refractivity contribution is -0.344. The molecular formula is C28H30O10. The summed E-state index contributed by atoms with van der Waals surface area (Å²) in [6, 6.07) is 0. The Hall–Kier alpha value is -2.66. The van der Waals surface area contributed by atoms with E-state index >= 15 is 0 Å². The first-order valence-electron chi connectivity index (χ1n) is 13.1. The van der Waals surface area contributed by atoms with Gasteiger partial charge >= 0.3 is 11.9 Å². The number of hydrogen-bond acceptors (Lipinski definition) is 10. The number of carbonyl (C=O) groups excluding carboxylic acids is 4. The molecule has 10 nitrogen and oxygen atoms in total. The Bertz CT molecular complexity index is 1350. The minimum atomic E-state index is -2.71. The van der Waals surface area contributed by atoms with Crippen LogP contribution in [0.4, 0.5) is 0 Å². The summed E-state index contributed by atoms with van der Waals surface area (Å²) < 4.78 is 17.8. The zero-order valence-corrected chi connectivity index (χ0v) is 21.4. The van der Waals surface area contributed by atoms with Gasteiger partial charge in [0.2, 0.25) is 5.79 Å². The van der Waals surface area contributed by atoms with Crippen molar-refractivity contribution < 1.29 is 48.7 Å². The molecule has 7 rings (SSSR count). The number of Topliss-reactive ketones (excluding diaryl/α,β-unsaturated/α-hetero) is 1. The van der Waals surface area contributed by atoms with Gasteiger partial charge in [-0.3, -0.25) is 9.59 Å². The first kappa shape index (κ1) is 24.4. The monoisotopic (exact) mass is 526 g/mol. The molecule has 0 radical (unpaired) electrons. The Morgan fingerprint density at radius 1 is 1.11 bits per heavy atom. The van der Waals surface area contributed by atoms with E-state index in [1.54, 1.807) is 19.9 Å². The predicted octanol–water partition coefficient (Wildman–Crippen LogP) is 0.430. The van der Waals surface area contributed by atoms with E-state index in [9.17, 15) is 34.5 Å². The first-order chi connectivity index (χ1) is 17.6. The van der Waals surface area contributed by atoms with Crippen molar-refractivity contribution in [3.63, 3.8) is 0 Å². The smallest absolute Gasteiger partial charge is 0.342 e. The molecule has 3 aliphatic carbocycles. The molecule has 4 heterocycles. The van der Waals surface area contributed by atoms with Crippen molar-refractivity contribution in [3.05, 3.63) is 36.0 Å². The highest BCUT2D eigenvalue weighted by Crippen LogP contribution is 2.73. The van der Waals surface area contributed by atoms with Crippen molar-refractivity contribution >= 4 is 23.5 Å². The Morgan fingerprint density at radius 3 is 2.53 bits per heavy atom. The summed E-state index contributed by atoms with van der Waals surface area (Å²) in [5.41, 5.74) is -8.34. The second kappa shape index (κ2) is 6.55. The van der Waals surface area contributed by atoms with E-state index in [0.29, 0.717) is 12.0 Å². The second-order valence-corrected chi connectivity index (χ2v) is 12.7. The number of rotatable bonds is 0. The molecule has 4 bridgehead atoms. The highest BCUT2D eigenvalue weighted by atomic mass is 16.7. The standard InChI is InChI=1S/C28H30O10/c1-12-21(32)36-17-11-23(12,2)19-20(31)27(35)18-14(24(3)13(10-15(18)29)6-5-7-16(24)30)8-9-26(34)22(33)37-25(17,4)28(19,26)38-27/h5,7,10,14-15,17-19,29,34-35H,1,6,8-9,11H2,2-4H3/t14-,15+,17+,18-,19-,23+,24-,25-,26+,27+,28-/m0/s1. The van der Waals surface area contributed by atoms with Gasteiger partial charge in [0.1, 0.15) is 6.10 Å². The topological polar surface area (TPSA) is 157 Å². The molecule has 5 fully saturated rings. The van der Waals surface area contributed by atoms with Crippen LogP contribution in [0.25, 0.3) is 0 Å². The summed E-state index contributed by atoms with van der Waals surface area (Å²) in [6.07, 6.45) is 2.38. The van der Waals surface area contributed by atoms with Crippen LogP contribution in [0.15, 0.2) is 36.0 Å². The van der Waals surface area contributed by atoms with Crippen LogP contribution in [0.1, 0.15) is 46.5 Å². The van der Waals surface area contributed by atoms with E-state index in [2.05, 4.69) is 6.58 Å². The molecule has 0 aromatic heterocycles. The van der Waals surface area contributed by atoms with Crippen LogP contribution in [-0.2, 0) is 33.4 Å². The van der Waals surface area contributed by atoms with Gasteiger partial charge in [0.15, 0.2) is 28.4 Å². The van der Waals surface area contributed by atoms with Crippen LogP contribution < -0.4 is 0 Å². The average Bonchev–Trinajstić information content (AvgIpc) is 3.19. The van der Waals surface area contributed by atoms with E-state index in [4.69, 9.17) is 14.2 Å². The summed E-state index contributed by atoms with van der Waals surface area (Å²) >= 11 is 0. The van der Waals surface area contributed by atoms with Crippen molar-refractivity contribution in [2.75, 3.05) is 0 Å². The summed E-state index contributed by atoms with van der Waals surface area (Å²) in [5, 5.41) is 36.0. The maximum absolute atomic E-state index is 14.6. The predicted molar refractivity (Wildman–Crippen MR) is 126 cm³/mol. The number of allylic oxidation sites excluding steroid dienone is 3. The zero-order chi connectivity index (χ0) is 27.4. The van der Waals surface area contributed by atoms with E-state index in [1.165, 1.54) is 19.1 Å². The number of aliphatic hydroxyl groups excluding tert-OH is 1. The molecule has 0 unspecified atom stereocenters. The maximum Gasteiger partial charge on any atom is 0.342 e. The van der Waals surface area contributed by atoms with Crippen LogP contribution in [0, 0.1) is 28.6 Å². The van der Waals surface area contributed by atoms with Gasteiger partial charge in [-0.05, 0) is 51.5 Å². The van der Waals surface area contributed by atoms with Crippen LogP contribution in [0.3, 0.4) is 0 Å². The van der Waals surface area contributed by atoms with Gasteiger partial charge in [0.05, 0.1) is 23.4 Å². The van der Waals surface area contributed by atoms with Gasteiger partial charge in [-0.1, -0.05) is 31.2 Å². The van der Waals surface area contributed by atoms with Gasteiger partial charge in [0.25, 0.3) is 0 Å². The minimum absolute atomic E-state index is 0.00631. The van der Waals surface area contributed by atoms with Crippen LogP contribution in [-0.4, -0.2) is 73.6 Å². The van der Waals surface area contributed by atoms with Crippen molar-refractivity contribution in [3.8, 4) is 0 Å². The van der Waals surface area contributed by atoms with Crippen LogP contribution in [0.5, 0.6) is 0 Å².